The Morgan fingerprint density at radius 3 is 2.41 bits per heavy atom. The monoisotopic (exact) mass is 401 g/mol. The van der Waals surface area contributed by atoms with Crippen LogP contribution in [0.2, 0.25) is 0 Å². The number of nitrogens with zero attached hydrogens (tertiary/aromatic N) is 1. The van der Waals surface area contributed by atoms with Crippen molar-refractivity contribution in [2.24, 2.45) is 0 Å². The van der Waals surface area contributed by atoms with Crippen molar-refractivity contribution in [2.45, 2.75) is 24.9 Å². The number of carboxylic acid groups (broad SMARTS) is 1. The van der Waals surface area contributed by atoms with Crippen LogP contribution in [0.3, 0.4) is 0 Å². The van der Waals surface area contributed by atoms with Crippen LogP contribution in [0.5, 0.6) is 17.2 Å². The number of aliphatic hydroxyl groups is 1. The van der Waals surface area contributed by atoms with E-state index in [0.29, 0.717) is 37.7 Å². The third kappa shape index (κ3) is 5.54. The number of β-amino-alcohol motifs (C(OH)–C–C–N with tert-alkyl or cyclic N) is 1. The topological polar surface area (TPSA) is 88.5 Å². The zero-order valence-corrected chi connectivity index (χ0v) is 16.5. The Bertz CT molecular complexity index is 794. The van der Waals surface area contributed by atoms with Crippen LogP contribution in [0.1, 0.15) is 24.3 Å². The quantitative estimate of drug-likeness (QED) is 0.660. The number of piperidine rings is 1. The van der Waals surface area contributed by atoms with E-state index < -0.39 is 12.2 Å². The van der Waals surface area contributed by atoms with E-state index in [1.165, 1.54) is 4.90 Å². The Labute approximate surface area is 170 Å². The van der Waals surface area contributed by atoms with Gasteiger partial charge in [0.15, 0.2) is 11.5 Å². The van der Waals surface area contributed by atoms with Crippen LogP contribution < -0.4 is 14.2 Å². The number of ether oxygens (including phenoxy) is 3. The molecule has 1 aliphatic rings. The number of hydrogen-bond acceptors (Lipinski definition) is 5. The second kappa shape index (κ2) is 10.0. The van der Waals surface area contributed by atoms with E-state index >= 15 is 0 Å². The molecule has 7 heteroatoms. The van der Waals surface area contributed by atoms with E-state index in [1.54, 1.807) is 7.11 Å². The highest BCUT2D eigenvalue weighted by Gasteiger charge is 2.30. The zero-order chi connectivity index (χ0) is 20.6. The number of likely N-dealkylation sites (tertiary alicyclic amines) is 1. The van der Waals surface area contributed by atoms with Crippen LogP contribution >= 0.6 is 0 Å². The molecule has 0 aromatic heterocycles. The SMILES string of the molecule is COc1ccccc1OCCCOc1ccc(C2CCN(C(=O)O)CC2O)cc1. The number of amides is 1. The van der Waals surface area contributed by atoms with E-state index in [2.05, 4.69) is 0 Å². The predicted molar refractivity (Wildman–Crippen MR) is 108 cm³/mol. The van der Waals surface area contributed by atoms with Gasteiger partial charge < -0.3 is 29.3 Å². The Morgan fingerprint density at radius 1 is 1.07 bits per heavy atom. The summed E-state index contributed by atoms with van der Waals surface area (Å²) < 4.78 is 16.7. The molecule has 2 aromatic rings. The van der Waals surface area contributed by atoms with Crippen molar-refractivity contribution >= 4 is 6.09 Å². The van der Waals surface area contributed by atoms with Gasteiger partial charge in [-0.2, -0.15) is 0 Å². The first-order valence-corrected chi connectivity index (χ1v) is 9.73. The predicted octanol–water partition coefficient (Wildman–Crippen LogP) is 3.37. The molecular formula is C22H27NO6. The van der Waals surface area contributed by atoms with E-state index in [0.717, 1.165) is 17.7 Å². The van der Waals surface area contributed by atoms with Gasteiger partial charge in [0.1, 0.15) is 5.75 Å². The Balaban J connectivity index is 1.42. The number of methoxy groups -OCH3 is 1. The standard InChI is InChI=1S/C22H27NO6/c1-27-20-5-2-3-6-21(20)29-14-4-13-28-17-9-7-16(8-10-17)18-11-12-23(22(25)26)15-19(18)24/h2-3,5-10,18-19,24H,4,11-15H2,1H3,(H,25,26). The minimum atomic E-state index is -0.985. The molecule has 2 N–H and O–H groups in total. The van der Waals surface area contributed by atoms with Gasteiger partial charge in [-0.25, -0.2) is 4.79 Å². The van der Waals surface area contributed by atoms with E-state index in [1.807, 2.05) is 48.5 Å². The van der Waals surface area contributed by atoms with Crippen LogP contribution in [0, 0.1) is 0 Å². The maximum atomic E-state index is 11.0. The first-order valence-electron chi connectivity index (χ1n) is 9.73. The van der Waals surface area contributed by atoms with Gasteiger partial charge in [-0.15, -0.1) is 0 Å². The molecule has 1 fully saturated rings. The summed E-state index contributed by atoms with van der Waals surface area (Å²) in [5, 5.41) is 19.3. The lowest BCUT2D eigenvalue weighted by molar-refractivity contribution is 0.0504. The van der Waals surface area contributed by atoms with Gasteiger partial charge in [-0.3, -0.25) is 0 Å². The highest BCUT2D eigenvalue weighted by atomic mass is 16.5. The normalized spacial score (nSPS) is 18.9. The summed E-state index contributed by atoms with van der Waals surface area (Å²) in [5.41, 5.74) is 0.995. The van der Waals surface area contributed by atoms with Crippen molar-refractivity contribution in [1.82, 2.24) is 4.90 Å². The average Bonchev–Trinajstić information content (AvgIpc) is 2.74. The maximum Gasteiger partial charge on any atom is 0.407 e. The summed E-state index contributed by atoms with van der Waals surface area (Å²) in [7, 11) is 1.61. The molecule has 2 unspecified atom stereocenters. The third-order valence-corrected chi connectivity index (χ3v) is 5.04. The van der Waals surface area contributed by atoms with Gasteiger partial charge in [-0.1, -0.05) is 24.3 Å². The summed E-state index contributed by atoms with van der Waals surface area (Å²) in [6.45, 7) is 1.62. The van der Waals surface area contributed by atoms with Crippen LogP contribution in [0.4, 0.5) is 4.79 Å². The summed E-state index contributed by atoms with van der Waals surface area (Å²) in [5.74, 6) is 2.12. The lowest BCUT2D eigenvalue weighted by atomic mass is 9.87. The van der Waals surface area contributed by atoms with Gasteiger partial charge >= 0.3 is 6.09 Å². The smallest absolute Gasteiger partial charge is 0.407 e. The van der Waals surface area contributed by atoms with Crippen LogP contribution in [0.25, 0.3) is 0 Å². The molecule has 0 bridgehead atoms. The Hall–Kier alpha value is -2.93. The molecule has 7 nitrogen and oxygen atoms in total. The number of rotatable bonds is 8. The fraction of sp³-hybridized carbons (Fsp3) is 0.409. The van der Waals surface area contributed by atoms with Gasteiger partial charge in [-0.05, 0) is 36.2 Å². The van der Waals surface area contributed by atoms with Gasteiger partial charge in [0.2, 0.25) is 0 Å². The highest BCUT2D eigenvalue weighted by molar-refractivity contribution is 5.65. The highest BCUT2D eigenvalue weighted by Crippen LogP contribution is 2.30. The zero-order valence-electron chi connectivity index (χ0n) is 16.5. The van der Waals surface area contributed by atoms with Gasteiger partial charge in [0, 0.05) is 18.9 Å². The molecule has 0 saturated carbocycles. The number of carbonyl (C=O) groups is 1. The molecule has 3 rings (SSSR count). The molecule has 1 amide bonds. The minimum Gasteiger partial charge on any atom is -0.493 e. The van der Waals surface area contributed by atoms with Crippen molar-refractivity contribution in [2.75, 3.05) is 33.4 Å². The number of para-hydroxylation sites is 2. The van der Waals surface area contributed by atoms with E-state index in [9.17, 15) is 9.90 Å². The molecule has 0 spiro atoms. The van der Waals surface area contributed by atoms with Crippen molar-refractivity contribution in [3.8, 4) is 17.2 Å². The molecule has 1 heterocycles. The molecule has 2 atom stereocenters. The van der Waals surface area contributed by atoms with Crippen molar-refractivity contribution < 1.29 is 29.2 Å². The van der Waals surface area contributed by atoms with Crippen molar-refractivity contribution in [3.05, 3.63) is 54.1 Å². The Kier molecular flexibility index (Phi) is 7.19. The number of benzene rings is 2. The van der Waals surface area contributed by atoms with Crippen molar-refractivity contribution in [3.63, 3.8) is 0 Å². The molecule has 1 aliphatic heterocycles. The largest absolute Gasteiger partial charge is 0.493 e. The summed E-state index contributed by atoms with van der Waals surface area (Å²) in [4.78, 5) is 12.3. The van der Waals surface area contributed by atoms with E-state index in [-0.39, 0.29) is 12.5 Å². The molecule has 156 valence electrons. The molecule has 2 aromatic carbocycles. The minimum absolute atomic E-state index is 0.0612. The molecule has 1 saturated heterocycles. The third-order valence-electron chi connectivity index (χ3n) is 5.04. The fourth-order valence-corrected chi connectivity index (χ4v) is 3.47. The summed E-state index contributed by atoms with van der Waals surface area (Å²) >= 11 is 0. The first-order chi connectivity index (χ1) is 14.1. The second-order valence-electron chi connectivity index (χ2n) is 6.96. The lowest BCUT2D eigenvalue weighted by Crippen LogP contribution is -2.45. The molecule has 29 heavy (non-hydrogen) atoms. The number of hydrogen-bond donors (Lipinski definition) is 2. The van der Waals surface area contributed by atoms with Gasteiger partial charge in [0.25, 0.3) is 0 Å². The number of aliphatic hydroxyl groups excluding tert-OH is 1. The lowest BCUT2D eigenvalue weighted by Gasteiger charge is -2.34. The van der Waals surface area contributed by atoms with Gasteiger partial charge in [0.05, 0.1) is 33.0 Å². The maximum absolute atomic E-state index is 11.0. The summed E-state index contributed by atoms with van der Waals surface area (Å²) in [6, 6.07) is 15.2. The summed E-state index contributed by atoms with van der Waals surface area (Å²) in [6.07, 6.45) is -0.347. The van der Waals surface area contributed by atoms with Crippen molar-refractivity contribution in [1.29, 1.82) is 0 Å². The molecule has 0 radical (unpaired) electrons. The second-order valence-corrected chi connectivity index (χ2v) is 6.96. The Morgan fingerprint density at radius 2 is 1.76 bits per heavy atom. The van der Waals surface area contributed by atoms with Crippen LogP contribution in [0.15, 0.2) is 48.5 Å². The van der Waals surface area contributed by atoms with E-state index in [4.69, 9.17) is 19.3 Å². The molecular weight excluding hydrogens is 374 g/mol. The fourth-order valence-electron chi connectivity index (χ4n) is 3.47. The molecule has 0 aliphatic carbocycles. The average molecular weight is 401 g/mol. The van der Waals surface area contributed by atoms with Crippen LogP contribution in [-0.2, 0) is 0 Å². The van der Waals surface area contributed by atoms with Crippen LogP contribution in [-0.4, -0.2) is 60.7 Å². The first kappa shape index (κ1) is 20.8.